The second kappa shape index (κ2) is 21.2. The first-order valence-corrected chi connectivity index (χ1v) is 23.9. The topological polar surface area (TPSA) is 178 Å². The van der Waals surface area contributed by atoms with Crippen molar-refractivity contribution >= 4 is 29.7 Å². The predicted octanol–water partition coefficient (Wildman–Crippen LogP) is 7.32. The van der Waals surface area contributed by atoms with Crippen molar-refractivity contribution in [2.45, 2.75) is 89.0 Å². The SMILES string of the molecule is CC[C@H](C)[C@H](NC(=O)[C@H](Cc1cn(C(c2ccccc2)(c2ccccc2)c2ccccc2)cn1)NC(=O)OCC1c2ccccc2-c2ccccc21)C(=O)N[C@H](C(=O)N1CCC[C@H]1C(N)=O)C(C)C. The molecule has 0 unspecified atom stereocenters. The molecular weight excluding hydrogens is 867 g/mol. The van der Waals surface area contributed by atoms with Crippen LogP contribution in [0.2, 0.25) is 0 Å². The van der Waals surface area contributed by atoms with E-state index >= 15 is 0 Å². The number of alkyl carbamates (subject to hydrolysis) is 1. The number of rotatable bonds is 18. The number of nitrogens with one attached hydrogen (secondary N) is 3. The van der Waals surface area contributed by atoms with Crippen molar-refractivity contribution < 1.29 is 28.7 Å². The first kappa shape index (κ1) is 47.9. The Morgan fingerprint density at radius 2 is 1.23 bits per heavy atom. The van der Waals surface area contributed by atoms with Crippen LogP contribution in [0.1, 0.15) is 86.4 Å². The average Bonchev–Trinajstić information content (AvgIpc) is 4.14. The van der Waals surface area contributed by atoms with E-state index in [0.29, 0.717) is 31.5 Å². The summed E-state index contributed by atoms with van der Waals surface area (Å²) in [5.41, 5.74) is 12.5. The predicted molar refractivity (Wildman–Crippen MR) is 265 cm³/mol. The van der Waals surface area contributed by atoms with Gasteiger partial charge in [-0.2, -0.15) is 0 Å². The van der Waals surface area contributed by atoms with E-state index in [1.54, 1.807) is 6.33 Å². The minimum absolute atomic E-state index is 0.0206. The molecule has 13 nitrogen and oxygen atoms in total. The third-order valence-electron chi connectivity index (χ3n) is 13.9. The second-order valence-electron chi connectivity index (χ2n) is 18.5. The molecular formula is C56H61N7O6. The van der Waals surface area contributed by atoms with Gasteiger partial charge in [-0.3, -0.25) is 19.2 Å². The zero-order valence-corrected chi connectivity index (χ0v) is 39.6. The van der Waals surface area contributed by atoms with Crippen LogP contribution in [0, 0.1) is 11.8 Å². The Kier molecular flexibility index (Phi) is 14.7. The number of nitrogens with zero attached hydrogens (tertiary/aromatic N) is 3. The lowest BCUT2D eigenvalue weighted by molar-refractivity contribution is -0.142. The summed E-state index contributed by atoms with van der Waals surface area (Å²) in [7, 11) is 0. The zero-order valence-electron chi connectivity index (χ0n) is 39.6. The summed E-state index contributed by atoms with van der Waals surface area (Å²) in [4.78, 5) is 75.8. The molecule has 1 aromatic heterocycles. The normalized spacial score (nSPS) is 16.1. The first-order chi connectivity index (χ1) is 33.4. The highest BCUT2D eigenvalue weighted by Crippen LogP contribution is 2.45. The number of primary amides is 1. The van der Waals surface area contributed by atoms with Crippen molar-refractivity contribution in [3.8, 4) is 11.1 Å². The molecule has 0 spiro atoms. The van der Waals surface area contributed by atoms with Crippen molar-refractivity contribution in [1.82, 2.24) is 30.4 Å². The van der Waals surface area contributed by atoms with Gasteiger partial charge in [-0.1, -0.05) is 174 Å². The van der Waals surface area contributed by atoms with Crippen molar-refractivity contribution in [2.75, 3.05) is 13.2 Å². The smallest absolute Gasteiger partial charge is 0.407 e. The summed E-state index contributed by atoms with van der Waals surface area (Å²) in [5.74, 6) is -3.16. The summed E-state index contributed by atoms with van der Waals surface area (Å²) in [6.07, 6.45) is 4.33. The number of ether oxygens (including phenoxy) is 1. The second-order valence-corrected chi connectivity index (χ2v) is 18.5. The van der Waals surface area contributed by atoms with Gasteiger partial charge in [-0.15, -0.1) is 0 Å². The van der Waals surface area contributed by atoms with Crippen LogP contribution in [0.5, 0.6) is 0 Å². The Balaban J connectivity index is 1.10. The summed E-state index contributed by atoms with van der Waals surface area (Å²) in [5, 5.41) is 8.72. The molecule has 5 amide bonds. The van der Waals surface area contributed by atoms with Crippen LogP contribution in [-0.4, -0.2) is 81.5 Å². The van der Waals surface area contributed by atoms with Gasteiger partial charge in [-0.05, 0) is 63.6 Å². The van der Waals surface area contributed by atoms with Gasteiger partial charge in [0.05, 0.1) is 12.0 Å². The monoisotopic (exact) mass is 927 g/mol. The number of amides is 5. The zero-order chi connectivity index (χ0) is 48.7. The molecule has 8 rings (SSSR count). The number of carbonyl (C=O) groups is 5. The van der Waals surface area contributed by atoms with Gasteiger partial charge in [0.2, 0.25) is 23.6 Å². The Morgan fingerprint density at radius 1 is 0.710 bits per heavy atom. The Bertz CT molecular complexity index is 2620. The summed E-state index contributed by atoms with van der Waals surface area (Å²) >= 11 is 0. The van der Waals surface area contributed by atoms with Crippen LogP contribution in [0.25, 0.3) is 11.1 Å². The van der Waals surface area contributed by atoms with Crippen LogP contribution in [0.4, 0.5) is 4.79 Å². The molecule has 2 heterocycles. The van der Waals surface area contributed by atoms with Crippen LogP contribution >= 0.6 is 0 Å². The minimum Gasteiger partial charge on any atom is -0.449 e. The number of carbonyl (C=O) groups excluding carboxylic acids is 5. The van der Waals surface area contributed by atoms with E-state index in [-0.39, 0.29) is 30.8 Å². The summed E-state index contributed by atoms with van der Waals surface area (Å²) < 4.78 is 8.02. The fourth-order valence-electron chi connectivity index (χ4n) is 10.1. The average molecular weight is 928 g/mol. The van der Waals surface area contributed by atoms with E-state index < -0.39 is 59.4 Å². The van der Waals surface area contributed by atoms with E-state index in [1.165, 1.54) is 4.90 Å². The van der Waals surface area contributed by atoms with Gasteiger partial charge >= 0.3 is 6.09 Å². The number of likely N-dealkylation sites (tertiary alicyclic amines) is 1. The highest BCUT2D eigenvalue weighted by atomic mass is 16.5. The molecule has 0 bridgehead atoms. The van der Waals surface area contributed by atoms with E-state index in [2.05, 4.69) is 64.5 Å². The molecule has 0 radical (unpaired) electrons. The van der Waals surface area contributed by atoms with Gasteiger partial charge in [0, 0.05) is 25.1 Å². The third kappa shape index (κ3) is 9.90. The number of hydrogen-bond acceptors (Lipinski definition) is 7. The van der Waals surface area contributed by atoms with Crippen molar-refractivity contribution in [2.24, 2.45) is 17.6 Å². The molecule has 69 heavy (non-hydrogen) atoms. The number of fused-ring (bicyclic) bond motifs is 3. The minimum atomic E-state index is -1.26. The molecule has 5 aromatic carbocycles. The van der Waals surface area contributed by atoms with Crippen molar-refractivity contribution in [3.63, 3.8) is 0 Å². The van der Waals surface area contributed by atoms with E-state index in [0.717, 1.165) is 38.9 Å². The number of nitrogens with two attached hydrogens (primary N) is 1. The van der Waals surface area contributed by atoms with E-state index in [9.17, 15) is 24.0 Å². The maximum Gasteiger partial charge on any atom is 0.407 e. The number of imidazole rings is 1. The van der Waals surface area contributed by atoms with Crippen LogP contribution in [-0.2, 0) is 35.9 Å². The van der Waals surface area contributed by atoms with Gasteiger partial charge in [0.25, 0.3) is 0 Å². The molecule has 0 saturated carbocycles. The molecule has 6 aromatic rings. The Morgan fingerprint density at radius 3 is 1.75 bits per heavy atom. The molecule has 1 aliphatic heterocycles. The lowest BCUT2D eigenvalue weighted by atomic mass is 9.77. The van der Waals surface area contributed by atoms with Crippen molar-refractivity contribution in [1.29, 1.82) is 0 Å². The van der Waals surface area contributed by atoms with Gasteiger partial charge in [-0.25, -0.2) is 9.78 Å². The summed E-state index contributed by atoms with van der Waals surface area (Å²) in [6.45, 7) is 7.73. The van der Waals surface area contributed by atoms with E-state index in [4.69, 9.17) is 15.5 Å². The lowest BCUT2D eigenvalue weighted by Crippen LogP contribution is -2.60. The largest absolute Gasteiger partial charge is 0.449 e. The van der Waals surface area contributed by atoms with Gasteiger partial charge < -0.3 is 35.9 Å². The number of benzene rings is 5. The fourth-order valence-corrected chi connectivity index (χ4v) is 10.1. The van der Waals surface area contributed by atoms with Gasteiger partial charge in [0.1, 0.15) is 36.3 Å². The number of aromatic nitrogens is 2. The molecule has 356 valence electrons. The van der Waals surface area contributed by atoms with Gasteiger partial charge in [0.15, 0.2) is 0 Å². The molecule has 5 N–H and O–H groups in total. The van der Waals surface area contributed by atoms with E-state index in [1.807, 2.05) is 129 Å². The molecule has 1 saturated heterocycles. The molecule has 13 heteroatoms. The maximum atomic E-state index is 14.8. The highest BCUT2D eigenvalue weighted by Gasteiger charge is 2.41. The third-order valence-corrected chi connectivity index (χ3v) is 13.9. The van der Waals surface area contributed by atoms with Crippen LogP contribution < -0.4 is 21.7 Å². The summed E-state index contributed by atoms with van der Waals surface area (Å²) in [6, 6.07) is 42.4. The molecule has 1 fully saturated rings. The molecule has 2 aliphatic rings. The highest BCUT2D eigenvalue weighted by molar-refractivity contribution is 5.95. The lowest BCUT2D eigenvalue weighted by Gasteiger charge is -2.37. The fraction of sp³-hybridized carbons (Fsp3) is 0.321. The first-order valence-electron chi connectivity index (χ1n) is 23.9. The number of hydrogen-bond donors (Lipinski definition) is 4. The Hall–Kier alpha value is -7.54. The van der Waals surface area contributed by atoms with Crippen LogP contribution in [0.15, 0.2) is 152 Å². The maximum absolute atomic E-state index is 14.8. The van der Waals surface area contributed by atoms with Crippen LogP contribution in [0.3, 0.4) is 0 Å². The standard InChI is InChI=1S/C56H61N7O6/c1-5-37(4)50(53(66)60-49(36(2)3)54(67)63-31-19-30-48(63)51(57)64)61-52(65)47(59-55(68)69-34-46-44-28-17-15-26-42(44)43-27-16-18-29-45(43)46)32-41-33-62(35-58-41)56(38-20-9-6-10-21-38,39-22-11-7-12-23-39)40-24-13-8-14-25-40/h6-18,20-29,33,35-37,46-50H,5,19,30-32,34H2,1-4H3,(H2,57,64)(H,59,68)(H,60,66)(H,61,65)/t37-,47-,48-,49-,50-/m0/s1. The Labute approximate surface area is 403 Å². The molecule has 5 atom stereocenters. The molecule has 1 aliphatic carbocycles. The quantitative estimate of drug-likeness (QED) is 0.0653. The van der Waals surface area contributed by atoms with Crippen molar-refractivity contribution in [3.05, 3.63) is 186 Å².